The zero-order valence-electron chi connectivity index (χ0n) is 14.9. The highest BCUT2D eigenvalue weighted by Gasteiger charge is 2.05. The molecule has 0 fully saturated rings. The fraction of sp³-hybridized carbons (Fsp3) is 0.316. The van der Waals surface area contributed by atoms with E-state index in [0.717, 1.165) is 29.5 Å². The molecule has 0 aromatic heterocycles. The van der Waals surface area contributed by atoms with Gasteiger partial charge in [-0.15, -0.1) is 0 Å². The summed E-state index contributed by atoms with van der Waals surface area (Å²) >= 11 is 0. The number of nitrogens with zero attached hydrogens (tertiary/aromatic N) is 1. The molecule has 2 aromatic rings. The first-order chi connectivity index (χ1) is 12.6. The number of para-hydroxylation sites is 1. The molecule has 7 heteroatoms. The molecule has 0 saturated heterocycles. The van der Waals surface area contributed by atoms with Gasteiger partial charge in [0, 0.05) is 31.3 Å². The molecule has 0 amide bonds. The zero-order chi connectivity index (χ0) is 18.8. The molecule has 0 atom stereocenters. The maximum atomic E-state index is 13.6. The van der Waals surface area contributed by atoms with Gasteiger partial charge in [-0.3, -0.25) is 4.99 Å². The van der Waals surface area contributed by atoms with Crippen LogP contribution in [0.25, 0.3) is 0 Å². The maximum Gasteiger partial charge on any atom is 0.191 e. The smallest absolute Gasteiger partial charge is 0.191 e. The van der Waals surface area contributed by atoms with Crippen LogP contribution in [-0.2, 0) is 17.9 Å². The minimum absolute atomic E-state index is 0.130. The van der Waals surface area contributed by atoms with Crippen molar-refractivity contribution in [3.05, 3.63) is 65.2 Å². The van der Waals surface area contributed by atoms with Gasteiger partial charge >= 0.3 is 0 Å². The number of rotatable bonds is 8. The van der Waals surface area contributed by atoms with Crippen LogP contribution in [-0.4, -0.2) is 33.3 Å². The monoisotopic (exact) mass is 363 g/mol. The Bertz CT molecular complexity index is 738. The van der Waals surface area contributed by atoms with Crippen LogP contribution in [0.15, 0.2) is 47.5 Å². The van der Waals surface area contributed by atoms with Crippen molar-refractivity contribution < 1.29 is 18.3 Å². The predicted molar refractivity (Wildman–Crippen MR) is 97.2 cm³/mol. The minimum atomic E-state index is -0.476. The van der Waals surface area contributed by atoms with Crippen molar-refractivity contribution >= 4 is 5.96 Å². The highest BCUT2D eigenvalue weighted by atomic mass is 19.1. The topological polar surface area (TPSA) is 54.9 Å². The highest BCUT2D eigenvalue weighted by molar-refractivity contribution is 5.79. The second kappa shape index (κ2) is 10.4. The summed E-state index contributed by atoms with van der Waals surface area (Å²) in [4.78, 5) is 4.04. The third kappa shape index (κ3) is 6.00. The number of aliphatic imine (C=N–C) groups is 1. The van der Waals surface area contributed by atoms with E-state index in [1.54, 1.807) is 14.2 Å². The molecule has 2 N–H and O–H groups in total. The summed E-state index contributed by atoms with van der Waals surface area (Å²) in [7, 11) is 3.23. The third-order valence-corrected chi connectivity index (χ3v) is 3.67. The summed E-state index contributed by atoms with van der Waals surface area (Å²) in [5.74, 6) is 0.329. The van der Waals surface area contributed by atoms with Crippen molar-refractivity contribution in [1.29, 1.82) is 0 Å². The van der Waals surface area contributed by atoms with Gasteiger partial charge in [-0.2, -0.15) is 0 Å². The average Bonchev–Trinajstić information content (AvgIpc) is 2.66. The molecule has 2 aromatic carbocycles. The van der Waals surface area contributed by atoms with Gasteiger partial charge < -0.3 is 20.1 Å². The van der Waals surface area contributed by atoms with E-state index in [2.05, 4.69) is 15.6 Å². The van der Waals surface area contributed by atoms with E-state index in [1.807, 2.05) is 24.3 Å². The number of guanidine groups is 1. The molecule has 0 aliphatic rings. The lowest BCUT2D eigenvalue weighted by Gasteiger charge is -2.13. The molecule has 0 aliphatic carbocycles. The Morgan fingerprint density at radius 2 is 1.88 bits per heavy atom. The predicted octanol–water partition coefficient (Wildman–Crippen LogP) is 2.86. The van der Waals surface area contributed by atoms with Crippen molar-refractivity contribution in [3.8, 4) is 5.75 Å². The summed E-state index contributed by atoms with van der Waals surface area (Å²) < 4.78 is 37.7. The second-order valence-corrected chi connectivity index (χ2v) is 5.45. The van der Waals surface area contributed by atoms with Gasteiger partial charge in [-0.25, -0.2) is 8.78 Å². The standard InChI is InChI=1S/C19H23F2N3O2/c1-22-19(24-12-15-11-16(20)7-8-17(15)21)23-9-10-26-13-14-5-3-4-6-18(14)25-2/h3-8,11H,9-10,12-13H2,1-2H3,(H2,22,23,24). The van der Waals surface area contributed by atoms with Crippen molar-refractivity contribution in [3.63, 3.8) is 0 Å². The maximum absolute atomic E-state index is 13.6. The Kier molecular flexibility index (Phi) is 7.82. The zero-order valence-corrected chi connectivity index (χ0v) is 14.9. The molecule has 0 aliphatic heterocycles. The molecule has 26 heavy (non-hydrogen) atoms. The molecule has 0 unspecified atom stereocenters. The molecule has 0 radical (unpaired) electrons. The van der Waals surface area contributed by atoms with E-state index >= 15 is 0 Å². The minimum Gasteiger partial charge on any atom is -0.496 e. The van der Waals surface area contributed by atoms with E-state index in [1.165, 1.54) is 0 Å². The third-order valence-electron chi connectivity index (χ3n) is 3.67. The molecule has 0 spiro atoms. The first-order valence-electron chi connectivity index (χ1n) is 8.22. The summed E-state index contributed by atoms with van der Waals surface area (Å²) in [6.45, 7) is 1.53. The van der Waals surface area contributed by atoms with E-state index < -0.39 is 11.6 Å². The lowest BCUT2D eigenvalue weighted by molar-refractivity contribution is 0.123. The summed E-state index contributed by atoms with van der Waals surface area (Å²) in [5, 5.41) is 5.99. The Morgan fingerprint density at radius 3 is 2.65 bits per heavy atom. The number of benzene rings is 2. The van der Waals surface area contributed by atoms with Crippen LogP contribution in [0, 0.1) is 11.6 Å². The Morgan fingerprint density at radius 1 is 1.08 bits per heavy atom. The van der Waals surface area contributed by atoms with E-state index in [0.29, 0.717) is 25.7 Å². The summed E-state index contributed by atoms with van der Waals surface area (Å²) in [6.07, 6.45) is 0. The van der Waals surface area contributed by atoms with Crippen LogP contribution in [0.2, 0.25) is 0 Å². The second-order valence-electron chi connectivity index (χ2n) is 5.45. The fourth-order valence-electron chi connectivity index (χ4n) is 2.32. The molecule has 5 nitrogen and oxygen atoms in total. The van der Waals surface area contributed by atoms with Crippen LogP contribution >= 0.6 is 0 Å². The SMILES string of the molecule is CN=C(NCCOCc1ccccc1OC)NCc1cc(F)ccc1F. The molecular formula is C19H23F2N3O2. The average molecular weight is 363 g/mol. The highest BCUT2D eigenvalue weighted by Crippen LogP contribution is 2.17. The quantitative estimate of drug-likeness (QED) is 0.430. The number of nitrogens with one attached hydrogen (secondary N) is 2. The summed E-state index contributed by atoms with van der Waals surface area (Å²) in [5.41, 5.74) is 1.21. The number of halogens is 2. The first kappa shape index (κ1) is 19.7. The van der Waals surface area contributed by atoms with Gasteiger partial charge in [0.25, 0.3) is 0 Å². The molecule has 0 bridgehead atoms. The number of hydrogen-bond donors (Lipinski definition) is 2. The fourth-order valence-corrected chi connectivity index (χ4v) is 2.32. The van der Waals surface area contributed by atoms with Crippen LogP contribution in [0.1, 0.15) is 11.1 Å². The number of ether oxygens (including phenoxy) is 2. The molecule has 140 valence electrons. The van der Waals surface area contributed by atoms with Gasteiger partial charge in [-0.1, -0.05) is 18.2 Å². The van der Waals surface area contributed by atoms with Crippen molar-refractivity contribution in [2.75, 3.05) is 27.3 Å². The van der Waals surface area contributed by atoms with Crippen LogP contribution < -0.4 is 15.4 Å². The Balaban J connectivity index is 1.71. The normalized spacial score (nSPS) is 11.3. The van der Waals surface area contributed by atoms with E-state index in [4.69, 9.17) is 9.47 Å². The van der Waals surface area contributed by atoms with Gasteiger partial charge in [0.05, 0.1) is 20.3 Å². The van der Waals surface area contributed by atoms with Crippen LogP contribution in [0.3, 0.4) is 0 Å². The molecule has 0 saturated carbocycles. The molecule has 0 heterocycles. The number of methoxy groups -OCH3 is 1. The number of hydrogen-bond acceptors (Lipinski definition) is 3. The van der Waals surface area contributed by atoms with Crippen molar-refractivity contribution in [2.45, 2.75) is 13.2 Å². The van der Waals surface area contributed by atoms with Crippen LogP contribution in [0.5, 0.6) is 5.75 Å². The van der Waals surface area contributed by atoms with Gasteiger partial charge in [0.15, 0.2) is 5.96 Å². The van der Waals surface area contributed by atoms with Crippen molar-refractivity contribution in [2.24, 2.45) is 4.99 Å². The van der Waals surface area contributed by atoms with E-state index in [9.17, 15) is 8.78 Å². The largest absolute Gasteiger partial charge is 0.496 e. The van der Waals surface area contributed by atoms with Gasteiger partial charge in [0.1, 0.15) is 17.4 Å². The summed E-state index contributed by atoms with van der Waals surface area (Å²) in [6, 6.07) is 11.0. The van der Waals surface area contributed by atoms with Crippen LogP contribution in [0.4, 0.5) is 8.78 Å². The Hall–Kier alpha value is -2.67. The lowest BCUT2D eigenvalue weighted by Crippen LogP contribution is -2.38. The molecule has 2 rings (SSSR count). The lowest BCUT2D eigenvalue weighted by atomic mass is 10.2. The van der Waals surface area contributed by atoms with E-state index in [-0.39, 0.29) is 12.1 Å². The molecular weight excluding hydrogens is 340 g/mol. The van der Waals surface area contributed by atoms with Crippen molar-refractivity contribution in [1.82, 2.24) is 10.6 Å². The first-order valence-corrected chi connectivity index (χ1v) is 8.22. The van der Waals surface area contributed by atoms with Gasteiger partial charge in [0.2, 0.25) is 0 Å². The Labute approximate surface area is 152 Å². The van der Waals surface area contributed by atoms with Gasteiger partial charge in [-0.05, 0) is 24.3 Å².